The molecular weight excluding hydrogens is 336 g/mol. The highest BCUT2D eigenvalue weighted by atomic mass is 16.1. The van der Waals surface area contributed by atoms with Gasteiger partial charge in [-0.15, -0.1) is 0 Å². The second-order valence-corrected chi connectivity index (χ2v) is 6.75. The van der Waals surface area contributed by atoms with Crippen molar-refractivity contribution in [1.29, 1.82) is 0 Å². The molecule has 0 saturated carbocycles. The number of carbonyl (C=O) groups excluding carboxylic acids is 1. The standard InChI is InChI=1S/C22H24N4O/c1-14-9-10-19(11-16(14)3)25-21(27)20-12-17(4)24-22(26-20)23-13-18-8-6-5-7-15(18)2/h5-12H,13H2,1-4H3,(H,25,27)(H,23,24,26). The highest BCUT2D eigenvalue weighted by molar-refractivity contribution is 6.03. The Hall–Kier alpha value is -3.21. The van der Waals surface area contributed by atoms with Crippen LogP contribution in [-0.4, -0.2) is 15.9 Å². The van der Waals surface area contributed by atoms with Crippen molar-refractivity contribution < 1.29 is 4.79 Å². The van der Waals surface area contributed by atoms with Gasteiger partial charge in [-0.25, -0.2) is 9.97 Å². The number of amides is 1. The predicted molar refractivity (Wildman–Crippen MR) is 109 cm³/mol. The first kappa shape index (κ1) is 18.6. The summed E-state index contributed by atoms with van der Waals surface area (Å²) in [7, 11) is 0. The smallest absolute Gasteiger partial charge is 0.274 e. The van der Waals surface area contributed by atoms with Crippen molar-refractivity contribution in [1.82, 2.24) is 9.97 Å². The molecule has 138 valence electrons. The summed E-state index contributed by atoms with van der Waals surface area (Å²) in [6.07, 6.45) is 0. The zero-order valence-electron chi connectivity index (χ0n) is 16.1. The van der Waals surface area contributed by atoms with E-state index in [1.165, 1.54) is 16.7 Å². The number of aryl methyl sites for hydroxylation is 4. The Balaban J connectivity index is 1.75. The first-order valence-corrected chi connectivity index (χ1v) is 8.95. The highest BCUT2D eigenvalue weighted by Gasteiger charge is 2.11. The van der Waals surface area contributed by atoms with Crippen molar-refractivity contribution in [2.24, 2.45) is 0 Å². The molecular formula is C22H24N4O. The molecule has 0 atom stereocenters. The maximum Gasteiger partial charge on any atom is 0.274 e. The Bertz CT molecular complexity index is 982. The number of nitrogens with zero attached hydrogens (tertiary/aromatic N) is 2. The van der Waals surface area contributed by atoms with Crippen molar-refractivity contribution in [2.45, 2.75) is 34.2 Å². The molecule has 2 N–H and O–H groups in total. The molecule has 5 heteroatoms. The number of benzene rings is 2. The fourth-order valence-electron chi connectivity index (χ4n) is 2.76. The van der Waals surface area contributed by atoms with Crippen LogP contribution >= 0.6 is 0 Å². The Morgan fingerprint density at radius 3 is 2.41 bits per heavy atom. The molecule has 27 heavy (non-hydrogen) atoms. The van der Waals surface area contributed by atoms with Crippen molar-refractivity contribution >= 4 is 17.5 Å². The minimum absolute atomic E-state index is 0.248. The SMILES string of the molecule is Cc1cc(C(=O)Nc2ccc(C)c(C)c2)nc(NCc2ccccc2C)n1. The predicted octanol–water partition coefficient (Wildman–Crippen LogP) is 4.57. The van der Waals surface area contributed by atoms with E-state index in [0.29, 0.717) is 18.2 Å². The molecule has 3 aromatic rings. The second-order valence-electron chi connectivity index (χ2n) is 6.75. The van der Waals surface area contributed by atoms with Gasteiger partial charge in [0.15, 0.2) is 0 Å². The van der Waals surface area contributed by atoms with E-state index in [-0.39, 0.29) is 5.91 Å². The normalized spacial score (nSPS) is 10.5. The third kappa shape index (κ3) is 4.70. The fourth-order valence-corrected chi connectivity index (χ4v) is 2.76. The number of aromatic nitrogens is 2. The molecule has 3 rings (SSSR count). The van der Waals surface area contributed by atoms with Crippen LogP contribution in [0, 0.1) is 27.7 Å². The minimum atomic E-state index is -0.248. The number of rotatable bonds is 5. The van der Waals surface area contributed by atoms with E-state index in [4.69, 9.17) is 0 Å². The largest absolute Gasteiger partial charge is 0.350 e. The number of hydrogen-bond acceptors (Lipinski definition) is 4. The molecule has 0 aliphatic carbocycles. The molecule has 2 aromatic carbocycles. The Labute approximate surface area is 159 Å². The number of hydrogen-bond donors (Lipinski definition) is 2. The summed E-state index contributed by atoms with van der Waals surface area (Å²) in [6.45, 7) is 8.59. The topological polar surface area (TPSA) is 66.9 Å². The lowest BCUT2D eigenvalue weighted by atomic mass is 10.1. The van der Waals surface area contributed by atoms with Gasteiger partial charge < -0.3 is 10.6 Å². The molecule has 0 aliphatic heterocycles. The van der Waals surface area contributed by atoms with Crippen LogP contribution in [0.1, 0.15) is 38.4 Å². The van der Waals surface area contributed by atoms with Crippen LogP contribution in [0.4, 0.5) is 11.6 Å². The van der Waals surface area contributed by atoms with E-state index in [0.717, 1.165) is 16.9 Å². The van der Waals surface area contributed by atoms with Gasteiger partial charge in [0.2, 0.25) is 5.95 Å². The molecule has 0 unspecified atom stereocenters. The van der Waals surface area contributed by atoms with Crippen LogP contribution in [0.15, 0.2) is 48.5 Å². The maximum atomic E-state index is 12.6. The molecule has 0 fully saturated rings. The van der Waals surface area contributed by atoms with Gasteiger partial charge in [-0.05, 0) is 68.1 Å². The molecule has 0 spiro atoms. The summed E-state index contributed by atoms with van der Waals surface area (Å²) in [5, 5.41) is 6.12. The molecule has 0 bridgehead atoms. The summed E-state index contributed by atoms with van der Waals surface area (Å²) in [5.74, 6) is 0.200. The first-order valence-electron chi connectivity index (χ1n) is 8.95. The highest BCUT2D eigenvalue weighted by Crippen LogP contribution is 2.16. The zero-order valence-corrected chi connectivity index (χ0v) is 16.1. The Kier molecular flexibility index (Phi) is 5.50. The van der Waals surface area contributed by atoms with E-state index >= 15 is 0 Å². The van der Waals surface area contributed by atoms with Gasteiger partial charge in [0.05, 0.1) is 0 Å². The van der Waals surface area contributed by atoms with Gasteiger partial charge in [-0.2, -0.15) is 0 Å². The minimum Gasteiger partial charge on any atom is -0.350 e. The number of nitrogens with one attached hydrogen (secondary N) is 2. The average Bonchev–Trinajstić information content (AvgIpc) is 2.63. The third-order valence-corrected chi connectivity index (χ3v) is 4.55. The van der Waals surface area contributed by atoms with Crippen molar-refractivity contribution in [2.75, 3.05) is 10.6 Å². The lowest BCUT2D eigenvalue weighted by molar-refractivity contribution is 0.102. The lowest BCUT2D eigenvalue weighted by Gasteiger charge is -2.11. The molecule has 5 nitrogen and oxygen atoms in total. The van der Waals surface area contributed by atoms with E-state index < -0.39 is 0 Å². The monoisotopic (exact) mass is 360 g/mol. The quantitative estimate of drug-likeness (QED) is 0.699. The van der Waals surface area contributed by atoms with Crippen LogP contribution in [-0.2, 0) is 6.54 Å². The van der Waals surface area contributed by atoms with Crippen LogP contribution in [0.2, 0.25) is 0 Å². The van der Waals surface area contributed by atoms with E-state index in [9.17, 15) is 4.79 Å². The summed E-state index contributed by atoms with van der Waals surface area (Å²) in [5.41, 5.74) is 6.53. The van der Waals surface area contributed by atoms with Crippen LogP contribution < -0.4 is 10.6 Å². The van der Waals surface area contributed by atoms with Crippen LogP contribution in [0.3, 0.4) is 0 Å². The van der Waals surface area contributed by atoms with Crippen LogP contribution in [0.5, 0.6) is 0 Å². The van der Waals surface area contributed by atoms with Gasteiger partial charge in [-0.3, -0.25) is 4.79 Å². The molecule has 0 radical (unpaired) electrons. The maximum absolute atomic E-state index is 12.6. The Morgan fingerprint density at radius 2 is 1.67 bits per heavy atom. The van der Waals surface area contributed by atoms with Crippen molar-refractivity contribution in [3.8, 4) is 0 Å². The van der Waals surface area contributed by atoms with Gasteiger partial charge >= 0.3 is 0 Å². The first-order chi connectivity index (χ1) is 12.9. The Morgan fingerprint density at radius 1 is 0.889 bits per heavy atom. The molecule has 1 amide bonds. The average molecular weight is 360 g/mol. The number of carbonyl (C=O) groups is 1. The van der Waals surface area contributed by atoms with E-state index in [2.05, 4.69) is 39.7 Å². The van der Waals surface area contributed by atoms with Gasteiger partial charge in [0.1, 0.15) is 5.69 Å². The molecule has 1 heterocycles. The third-order valence-electron chi connectivity index (χ3n) is 4.55. The lowest BCUT2D eigenvalue weighted by Crippen LogP contribution is -2.16. The van der Waals surface area contributed by atoms with E-state index in [1.807, 2.05) is 51.1 Å². The van der Waals surface area contributed by atoms with Gasteiger partial charge in [0.25, 0.3) is 5.91 Å². The van der Waals surface area contributed by atoms with Gasteiger partial charge in [0, 0.05) is 17.9 Å². The van der Waals surface area contributed by atoms with Crippen molar-refractivity contribution in [3.63, 3.8) is 0 Å². The summed E-state index contributed by atoms with van der Waals surface area (Å²) < 4.78 is 0. The summed E-state index contributed by atoms with van der Waals surface area (Å²) in [4.78, 5) is 21.4. The summed E-state index contributed by atoms with van der Waals surface area (Å²) >= 11 is 0. The second kappa shape index (κ2) is 7.99. The van der Waals surface area contributed by atoms with E-state index in [1.54, 1.807) is 6.07 Å². The molecule has 1 aromatic heterocycles. The van der Waals surface area contributed by atoms with Crippen molar-refractivity contribution in [3.05, 3.63) is 82.2 Å². The number of anilines is 2. The summed E-state index contributed by atoms with van der Waals surface area (Å²) in [6, 6.07) is 15.7. The molecule has 0 saturated heterocycles. The van der Waals surface area contributed by atoms with Gasteiger partial charge in [-0.1, -0.05) is 30.3 Å². The molecule has 0 aliphatic rings. The zero-order chi connectivity index (χ0) is 19.4. The fraction of sp³-hybridized carbons (Fsp3) is 0.227. The van der Waals surface area contributed by atoms with Crippen LogP contribution in [0.25, 0.3) is 0 Å².